The molecule has 0 N–H and O–H groups in total. The van der Waals surface area contributed by atoms with Crippen molar-refractivity contribution in [3.63, 3.8) is 0 Å². The number of hydrogen-bond donors (Lipinski definition) is 0. The first kappa shape index (κ1) is 10.5. The topological polar surface area (TPSA) is 15.6 Å². The van der Waals surface area contributed by atoms with Crippen LogP contribution in [0.3, 0.4) is 0 Å². The summed E-state index contributed by atoms with van der Waals surface area (Å²) in [6.07, 6.45) is 1.74. The van der Waals surface area contributed by atoms with Gasteiger partial charge in [0.05, 0.1) is 11.4 Å². The van der Waals surface area contributed by atoms with Crippen molar-refractivity contribution >= 4 is 11.4 Å². The van der Waals surface area contributed by atoms with Crippen molar-refractivity contribution in [1.29, 1.82) is 0 Å². The standard InChI is InChI=1S/C12H16N2/c1-5-11(3)13-14(4)12-8-6-7-10(2)9-12/h5-9H,1H2,2-4H3/b13-11-. The van der Waals surface area contributed by atoms with Gasteiger partial charge in [-0.25, -0.2) is 0 Å². The van der Waals surface area contributed by atoms with E-state index in [2.05, 4.69) is 30.7 Å². The predicted molar refractivity (Wildman–Crippen MR) is 62.9 cm³/mol. The summed E-state index contributed by atoms with van der Waals surface area (Å²) in [4.78, 5) is 0. The summed E-state index contributed by atoms with van der Waals surface area (Å²) in [5, 5.41) is 6.19. The fraction of sp³-hybridized carbons (Fsp3) is 0.250. The number of hydrogen-bond acceptors (Lipinski definition) is 2. The van der Waals surface area contributed by atoms with Gasteiger partial charge in [0, 0.05) is 7.05 Å². The molecule has 1 aromatic rings. The highest BCUT2D eigenvalue weighted by atomic mass is 15.4. The maximum absolute atomic E-state index is 4.34. The van der Waals surface area contributed by atoms with Gasteiger partial charge in [-0.1, -0.05) is 18.7 Å². The van der Waals surface area contributed by atoms with Crippen molar-refractivity contribution in [2.24, 2.45) is 5.10 Å². The molecule has 0 amide bonds. The Hall–Kier alpha value is -1.57. The van der Waals surface area contributed by atoms with E-state index in [1.165, 1.54) is 5.56 Å². The first-order valence-corrected chi connectivity index (χ1v) is 4.61. The Labute approximate surface area is 85.6 Å². The third-order valence-corrected chi connectivity index (χ3v) is 1.98. The van der Waals surface area contributed by atoms with Crippen molar-refractivity contribution in [1.82, 2.24) is 0 Å². The Bertz CT molecular complexity index is 353. The molecule has 2 nitrogen and oxygen atoms in total. The third-order valence-electron chi connectivity index (χ3n) is 1.98. The summed E-state index contributed by atoms with van der Waals surface area (Å²) in [7, 11) is 1.93. The highest BCUT2D eigenvalue weighted by Gasteiger charge is 1.97. The lowest BCUT2D eigenvalue weighted by molar-refractivity contribution is 1.01. The van der Waals surface area contributed by atoms with Crippen molar-refractivity contribution in [2.75, 3.05) is 12.1 Å². The molecule has 0 fully saturated rings. The van der Waals surface area contributed by atoms with Crippen LogP contribution in [-0.2, 0) is 0 Å². The minimum atomic E-state index is 0.911. The van der Waals surface area contributed by atoms with E-state index in [1.54, 1.807) is 6.08 Å². The minimum absolute atomic E-state index is 0.911. The van der Waals surface area contributed by atoms with Crippen LogP contribution in [0, 0.1) is 6.92 Å². The molecule has 0 aliphatic rings. The van der Waals surface area contributed by atoms with Gasteiger partial charge in [-0.05, 0) is 37.6 Å². The fourth-order valence-corrected chi connectivity index (χ4v) is 1.16. The van der Waals surface area contributed by atoms with Crippen LogP contribution < -0.4 is 5.01 Å². The van der Waals surface area contributed by atoms with Gasteiger partial charge in [0.15, 0.2) is 0 Å². The number of aryl methyl sites for hydroxylation is 1. The largest absolute Gasteiger partial charge is 0.268 e. The van der Waals surface area contributed by atoms with E-state index in [-0.39, 0.29) is 0 Å². The summed E-state index contributed by atoms with van der Waals surface area (Å²) in [6.45, 7) is 7.67. The Morgan fingerprint density at radius 1 is 1.50 bits per heavy atom. The molecule has 0 atom stereocenters. The average molecular weight is 188 g/mol. The predicted octanol–water partition coefficient (Wildman–Crippen LogP) is 2.99. The Balaban J connectivity index is 2.89. The zero-order valence-electron chi connectivity index (χ0n) is 8.99. The smallest absolute Gasteiger partial charge is 0.0593 e. The van der Waals surface area contributed by atoms with E-state index in [0.717, 1.165) is 11.4 Å². The maximum Gasteiger partial charge on any atom is 0.0593 e. The highest BCUT2D eigenvalue weighted by Crippen LogP contribution is 2.14. The third kappa shape index (κ3) is 2.73. The minimum Gasteiger partial charge on any atom is -0.268 e. The van der Waals surface area contributed by atoms with E-state index >= 15 is 0 Å². The van der Waals surface area contributed by atoms with E-state index in [0.29, 0.717) is 0 Å². The van der Waals surface area contributed by atoms with Crippen LogP contribution in [0.1, 0.15) is 12.5 Å². The average Bonchev–Trinajstić information content (AvgIpc) is 2.17. The Morgan fingerprint density at radius 3 is 2.79 bits per heavy atom. The number of hydrazone groups is 1. The Kier molecular flexibility index (Phi) is 3.46. The number of anilines is 1. The van der Waals surface area contributed by atoms with Crippen LogP contribution in [0.25, 0.3) is 0 Å². The maximum atomic E-state index is 4.34. The number of rotatable bonds is 3. The van der Waals surface area contributed by atoms with Gasteiger partial charge in [-0.3, -0.25) is 5.01 Å². The SMILES string of the molecule is C=C/C(C)=N\N(C)c1cccc(C)c1. The summed E-state index contributed by atoms with van der Waals surface area (Å²) in [5.74, 6) is 0. The summed E-state index contributed by atoms with van der Waals surface area (Å²) >= 11 is 0. The molecule has 14 heavy (non-hydrogen) atoms. The number of nitrogens with zero attached hydrogens (tertiary/aromatic N) is 2. The zero-order valence-corrected chi connectivity index (χ0v) is 8.99. The quantitative estimate of drug-likeness (QED) is 0.526. The second kappa shape index (κ2) is 4.61. The van der Waals surface area contributed by atoms with Gasteiger partial charge >= 0.3 is 0 Å². The van der Waals surface area contributed by atoms with Gasteiger partial charge in [-0.15, -0.1) is 0 Å². The molecule has 0 saturated carbocycles. The lowest BCUT2D eigenvalue weighted by Gasteiger charge is -2.14. The van der Waals surface area contributed by atoms with E-state index < -0.39 is 0 Å². The van der Waals surface area contributed by atoms with E-state index in [9.17, 15) is 0 Å². The van der Waals surface area contributed by atoms with Crippen LogP contribution in [-0.4, -0.2) is 12.8 Å². The second-order valence-corrected chi connectivity index (χ2v) is 3.31. The molecular weight excluding hydrogens is 172 g/mol. The van der Waals surface area contributed by atoms with Crippen LogP contribution in [0.4, 0.5) is 5.69 Å². The van der Waals surface area contributed by atoms with Crippen LogP contribution >= 0.6 is 0 Å². The van der Waals surface area contributed by atoms with Crippen LogP contribution in [0.15, 0.2) is 42.0 Å². The van der Waals surface area contributed by atoms with Crippen molar-refractivity contribution < 1.29 is 0 Å². The van der Waals surface area contributed by atoms with Crippen molar-refractivity contribution in [3.8, 4) is 0 Å². The first-order chi connectivity index (χ1) is 6.63. The van der Waals surface area contributed by atoms with Crippen LogP contribution in [0.2, 0.25) is 0 Å². The molecule has 0 aromatic heterocycles. The van der Waals surface area contributed by atoms with E-state index in [1.807, 2.05) is 31.1 Å². The molecule has 0 aliphatic carbocycles. The number of allylic oxidation sites excluding steroid dienone is 1. The number of benzene rings is 1. The normalized spacial score (nSPS) is 11.2. The molecular formula is C12H16N2. The second-order valence-electron chi connectivity index (χ2n) is 3.31. The van der Waals surface area contributed by atoms with Gasteiger partial charge < -0.3 is 0 Å². The molecule has 0 bridgehead atoms. The van der Waals surface area contributed by atoms with Crippen molar-refractivity contribution in [3.05, 3.63) is 42.5 Å². The first-order valence-electron chi connectivity index (χ1n) is 4.61. The molecule has 0 heterocycles. The van der Waals surface area contributed by atoms with Crippen molar-refractivity contribution in [2.45, 2.75) is 13.8 Å². The molecule has 0 saturated heterocycles. The summed E-state index contributed by atoms with van der Waals surface area (Å²) < 4.78 is 0. The van der Waals surface area contributed by atoms with Gasteiger partial charge in [0.2, 0.25) is 0 Å². The zero-order chi connectivity index (χ0) is 10.6. The molecule has 1 rings (SSSR count). The molecule has 0 radical (unpaired) electrons. The molecule has 1 aromatic carbocycles. The van der Waals surface area contributed by atoms with E-state index in [4.69, 9.17) is 0 Å². The Morgan fingerprint density at radius 2 is 2.21 bits per heavy atom. The molecule has 0 unspecified atom stereocenters. The summed E-state index contributed by atoms with van der Waals surface area (Å²) in [5.41, 5.74) is 3.24. The van der Waals surface area contributed by atoms with Crippen LogP contribution in [0.5, 0.6) is 0 Å². The molecule has 74 valence electrons. The molecule has 0 spiro atoms. The highest BCUT2D eigenvalue weighted by molar-refractivity contribution is 5.92. The summed E-state index contributed by atoms with van der Waals surface area (Å²) in [6, 6.07) is 8.23. The molecule has 2 heteroatoms. The van der Waals surface area contributed by atoms with Gasteiger partial charge in [0.25, 0.3) is 0 Å². The molecule has 0 aliphatic heterocycles. The lowest BCUT2D eigenvalue weighted by Crippen LogP contribution is -2.10. The lowest BCUT2D eigenvalue weighted by atomic mass is 10.2. The fourth-order valence-electron chi connectivity index (χ4n) is 1.16. The monoisotopic (exact) mass is 188 g/mol. The van der Waals surface area contributed by atoms with Gasteiger partial charge in [-0.2, -0.15) is 5.10 Å². The van der Waals surface area contributed by atoms with Gasteiger partial charge in [0.1, 0.15) is 0 Å².